The molecule has 1 aliphatic rings. The largest absolute Gasteiger partial charge is 0.472 e. The molecule has 8 nitrogen and oxygen atoms in total. The first kappa shape index (κ1) is 17.7. The first-order valence-electron chi connectivity index (χ1n) is 8.82. The van der Waals surface area contributed by atoms with Gasteiger partial charge in [-0.1, -0.05) is 6.07 Å². The molecule has 0 unspecified atom stereocenters. The molecule has 28 heavy (non-hydrogen) atoms. The van der Waals surface area contributed by atoms with Crippen LogP contribution in [-0.2, 0) is 17.9 Å². The molecular weight excluding hydrogens is 358 g/mol. The molecule has 4 rings (SSSR count). The minimum atomic E-state index is -0.188. The smallest absolute Gasteiger partial charge is 0.255 e. The standard InChI is InChI=1S/C20H19N5O3/c1-24(11-14-5-7-28-13-14)20(27)15-8-17-19(22-9-15)23-10-18(26)25(17)12-16-4-2-3-6-21-16/h2-9,13H,10-12H2,1H3,(H,22,23). The molecule has 0 spiro atoms. The fourth-order valence-electron chi connectivity index (χ4n) is 3.08. The number of amides is 2. The van der Waals surface area contributed by atoms with E-state index in [9.17, 15) is 9.59 Å². The van der Waals surface area contributed by atoms with Gasteiger partial charge in [0.05, 0.1) is 42.6 Å². The van der Waals surface area contributed by atoms with Gasteiger partial charge in [-0.2, -0.15) is 0 Å². The van der Waals surface area contributed by atoms with Gasteiger partial charge < -0.3 is 19.5 Å². The van der Waals surface area contributed by atoms with Gasteiger partial charge in [0.2, 0.25) is 5.91 Å². The van der Waals surface area contributed by atoms with Crippen LogP contribution in [0.5, 0.6) is 0 Å². The minimum absolute atomic E-state index is 0.101. The van der Waals surface area contributed by atoms with E-state index in [1.807, 2.05) is 24.3 Å². The van der Waals surface area contributed by atoms with E-state index in [-0.39, 0.29) is 18.4 Å². The molecule has 0 atom stereocenters. The van der Waals surface area contributed by atoms with E-state index >= 15 is 0 Å². The van der Waals surface area contributed by atoms with Gasteiger partial charge >= 0.3 is 0 Å². The topological polar surface area (TPSA) is 91.6 Å². The van der Waals surface area contributed by atoms with Crippen LogP contribution in [0.4, 0.5) is 11.5 Å². The number of rotatable bonds is 5. The monoisotopic (exact) mass is 377 g/mol. The number of aromatic nitrogens is 2. The zero-order valence-corrected chi connectivity index (χ0v) is 15.3. The summed E-state index contributed by atoms with van der Waals surface area (Å²) in [7, 11) is 1.71. The highest BCUT2D eigenvalue weighted by atomic mass is 16.3. The van der Waals surface area contributed by atoms with Crippen molar-refractivity contribution in [2.24, 2.45) is 0 Å². The molecule has 142 valence electrons. The van der Waals surface area contributed by atoms with E-state index in [2.05, 4.69) is 15.3 Å². The van der Waals surface area contributed by atoms with Crippen LogP contribution in [0.15, 0.2) is 59.7 Å². The quantitative estimate of drug-likeness (QED) is 0.734. The molecule has 2 amide bonds. The number of anilines is 2. The van der Waals surface area contributed by atoms with Gasteiger partial charge in [-0.25, -0.2) is 4.98 Å². The van der Waals surface area contributed by atoms with Crippen LogP contribution >= 0.6 is 0 Å². The Morgan fingerprint density at radius 1 is 1.32 bits per heavy atom. The maximum absolute atomic E-state index is 12.8. The number of furan rings is 1. The lowest BCUT2D eigenvalue weighted by atomic mass is 10.1. The summed E-state index contributed by atoms with van der Waals surface area (Å²) >= 11 is 0. The molecule has 1 aliphatic heterocycles. The molecule has 0 radical (unpaired) electrons. The summed E-state index contributed by atoms with van der Waals surface area (Å²) in [5.74, 6) is 0.285. The Bertz CT molecular complexity index is 988. The SMILES string of the molecule is CN(Cc1ccoc1)C(=O)c1cnc2c(c1)N(Cc1ccccn1)C(=O)CN2. The van der Waals surface area contributed by atoms with Crippen molar-refractivity contribution in [3.8, 4) is 0 Å². The highest BCUT2D eigenvalue weighted by molar-refractivity contribution is 6.03. The van der Waals surface area contributed by atoms with Gasteiger partial charge in [0, 0.05) is 31.5 Å². The lowest BCUT2D eigenvalue weighted by molar-refractivity contribution is -0.117. The Morgan fingerprint density at radius 2 is 2.21 bits per heavy atom. The van der Waals surface area contributed by atoms with Crippen LogP contribution in [0.25, 0.3) is 0 Å². The lowest BCUT2D eigenvalue weighted by Crippen LogP contribution is -2.40. The highest BCUT2D eigenvalue weighted by Gasteiger charge is 2.27. The van der Waals surface area contributed by atoms with Gasteiger partial charge in [0.15, 0.2) is 5.82 Å². The van der Waals surface area contributed by atoms with E-state index in [1.54, 1.807) is 41.6 Å². The third-order valence-corrected chi connectivity index (χ3v) is 4.51. The summed E-state index contributed by atoms with van der Waals surface area (Å²) in [6, 6.07) is 9.07. The summed E-state index contributed by atoms with van der Waals surface area (Å²) in [5.41, 5.74) is 2.64. The molecule has 1 N–H and O–H groups in total. The Morgan fingerprint density at radius 3 is 2.96 bits per heavy atom. The summed E-state index contributed by atoms with van der Waals surface area (Å²) in [4.78, 5) is 37.1. The zero-order valence-electron chi connectivity index (χ0n) is 15.3. The van der Waals surface area contributed by atoms with E-state index in [1.165, 1.54) is 6.20 Å². The van der Waals surface area contributed by atoms with Crippen molar-refractivity contribution >= 4 is 23.3 Å². The number of hydrogen-bond acceptors (Lipinski definition) is 6. The van der Waals surface area contributed by atoms with Gasteiger partial charge in [0.1, 0.15) is 0 Å². The van der Waals surface area contributed by atoms with Crippen molar-refractivity contribution in [3.05, 3.63) is 72.1 Å². The Balaban J connectivity index is 1.60. The molecule has 8 heteroatoms. The molecule has 4 heterocycles. The third-order valence-electron chi connectivity index (χ3n) is 4.51. The molecule has 0 aromatic carbocycles. The normalized spacial score (nSPS) is 13.0. The second kappa shape index (κ2) is 7.51. The van der Waals surface area contributed by atoms with Gasteiger partial charge in [0.25, 0.3) is 5.91 Å². The molecule has 3 aromatic rings. The van der Waals surface area contributed by atoms with Crippen molar-refractivity contribution in [2.45, 2.75) is 13.1 Å². The van der Waals surface area contributed by atoms with E-state index in [0.717, 1.165) is 11.3 Å². The first-order chi connectivity index (χ1) is 13.6. The maximum atomic E-state index is 12.8. The summed E-state index contributed by atoms with van der Waals surface area (Å²) in [6.45, 7) is 0.889. The average Bonchev–Trinajstić information content (AvgIpc) is 3.23. The number of nitrogens with one attached hydrogen (secondary N) is 1. The van der Waals surface area contributed by atoms with Crippen molar-refractivity contribution in [1.29, 1.82) is 0 Å². The zero-order chi connectivity index (χ0) is 19.5. The van der Waals surface area contributed by atoms with Crippen LogP contribution in [0, 0.1) is 0 Å². The summed E-state index contributed by atoms with van der Waals surface area (Å²) in [6.07, 6.45) is 6.38. The first-order valence-corrected chi connectivity index (χ1v) is 8.82. The number of nitrogens with zero attached hydrogens (tertiary/aromatic N) is 4. The van der Waals surface area contributed by atoms with Crippen LogP contribution in [-0.4, -0.2) is 40.3 Å². The highest BCUT2D eigenvalue weighted by Crippen LogP contribution is 2.30. The summed E-state index contributed by atoms with van der Waals surface area (Å²) < 4.78 is 5.05. The molecule has 0 fully saturated rings. The average molecular weight is 377 g/mol. The van der Waals surface area contributed by atoms with Crippen molar-refractivity contribution in [2.75, 3.05) is 23.8 Å². The molecule has 0 saturated heterocycles. The molecule has 0 bridgehead atoms. The van der Waals surface area contributed by atoms with Crippen molar-refractivity contribution in [1.82, 2.24) is 14.9 Å². The van der Waals surface area contributed by atoms with Gasteiger partial charge in [-0.15, -0.1) is 0 Å². The maximum Gasteiger partial charge on any atom is 0.255 e. The number of pyridine rings is 2. The number of carbonyl (C=O) groups is 2. The summed E-state index contributed by atoms with van der Waals surface area (Å²) in [5, 5.41) is 3.00. The fraction of sp³-hybridized carbons (Fsp3) is 0.200. The molecular formula is C20H19N5O3. The minimum Gasteiger partial charge on any atom is -0.472 e. The second-order valence-electron chi connectivity index (χ2n) is 6.54. The van der Waals surface area contributed by atoms with Crippen LogP contribution < -0.4 is 10.2 Å². The second-order valence-corrected chi connectivity index (χ2v) is 6.54. The van der Waals surface area contributed by atoms with Crippen LogP contribution in [0.1, 0.15) is 21.6 Å². The fourth-order valence-corrected chi connectivity index (χ4v) is 3.08. The Kier molecular flexibility index (Phi) is 4.76. The van der Waals surface area contributed by atoms with Crippen LogP contribution in [0.3, 0.4) is 0 Å². The van der Waals surface area contributed by atoms with Crippen molar-refractivity contribution in [3.63, 3.8) is 0 Å². The predicted octanol–water partition coefficient (Wildman–Crippen LogP) is 2.30. The Hall–Kier alpha value is -3.68. The van der Waals surface area contributed by atoms with Crippen LogP contribution in [0.2, 0.25) is 0 Å². The van der Waals surface area contributed by atoms with Gasteiger partial charge in [-0.3, -0.25) is 14.6 Å². The lowest BCUT2D eigenvalue weighted by Gasteiger charge is -2.29. The van der Waals surface area contributed by atoms with E-state index in [4.69, 9.17) is 4.42 Å². The molecule has 3 aromatic heterocycles. The third kappa shape index (κ3) is 3.57. The Labute approximate surface area is 161 Å². The number of fused-ring (bicyclic) bond motifs is 1. The molecule has 0 saturated carbocycles. The van der Waals surface area contributed by atoms with E-state index < -0.39 is 0 Å². The predicted molar refractivity (Wildman–Crippen MR) is 103 cm³/mol. The van der Waals surface area contributed by atoms with Gasteiger partial charge in [-0.05, 0) is 24.3 Å². The molecule has 0 aliphatic carbocycles. The van der Waals surface area contributed by atoms with Crippen molar-refractivity contribution < 1.29 is 14.0 Å². The number of hydrogen-bond donors (Lipinski definition) is 1. The number of carbonyl (C=O) groups excluding carboxylic acids is 2. The van der Waals surface area contributed by atoms with E-state index in [0.29, 0.717) is 30.2 Å².